The molecule has 2 heterocycles. The zero-order chi connectivity index (χ0) is 30.7. The van der Waals surface area contributed by atoms with Crippen LogP contribution < -0.4 is 16.0 Å². The lowest BCUT2D eigenvalue weighted by atomic mass is 10.0. The smallest absolute Gasteiger partial charge is 0.366 e. The molecule has 1 saturated heterocycles. The second-order valence-electron chi connectivity index (χ2n) is 10.7. The summed E-state index contributed by atoms with van der Waals surface area (Å²) < 4.78 is 66.9. The van der Waals surface area contributed by atoms with E-state index in [1.807, 2.05) is 13.8 Å². The molecule has 42 heavy (non-hydrogen) atoms. The molecule has 11 nitrogen and oxygen atoms in total. The molecule has 2 aromatic rings. The van der Waals surface area contributed by atoms with Gasteiger partial charge < -0.3 is 20.9 Å². The number of aromatic nitrogens is 2. The fourth-order valence-corrected chi connectivity index (χ4v) is 6.22. The molecule has 2 atom stereocenters. The number of nitrogens with zero attached hydrogens (tertiary/aromatic N) is 4. The van der Waals surface area contributed by atoms with E-state index in [1.54, 1.807) is 36.1 Å². The van der Waals surface area contributed by atoms with Gasteiger partial charge in [-0.2, -0.15) is 22.5 Å². The number of alkyl halides is 3. The van der Waals surface area contributed by atoms with Crippen molar-refractivity contribution >= 4 is 39.3 Å². The number of anilines is 3. The third kappa shape index (κ3) is 7.48. The predicted octanol–water partition coefficient (Wildman–Crippen LogP) is 3.45. The second-order valence-corrected chi connectivity index (χ2v) is 13.0. The number of rotatable bonds is 9. The molecule has 3 N–H and O–H groups in total. The molecule has 0 unspecified atom stereocenters. The minimum absolute atomic E-state index is 0.00611. The first-order valence-corrected chi connectivity index (χ1v) is 15.5. The van der Waals surface area contributed by atoms with Gasteiger partial charge in [0.25, 0.3) is 5.91 Å². The Kier molecular flexibility index (Phi) is 9.60. The lowest BCUT2D eigenvalue weighted by molar-refractivity contribution is -0.137. The quantitative estimate of drug-likeness (QED) is 0.392. The molecular weight excluding hydrogens is 575 g/mol. The third-order valence-corrected chi connectivity index (χ3v) is 9.25. The number of halogens is 3. The van der Waals surface area contributed by atoms with E-state index in [4.69, 9.17) is 0 Å². The molecule has 1 aromatic carbocycles. The number of benzene rings is 1. The zero-order valence-corrected chi connectivity index (χ0v) is 24.6. The number of hydrogen-bond acceptors (Lipinski definition) is 8. The average molecular weight is 612 g/mol. The summed E-state index contributed by atoms with van der Waals surface area (Å²) in [5, 5.41) is 8.57. The Morgan fingerprint density at radius 1 is 1.07 bits per heavy atom. The van der Waals surface area contributed by atoms with Crippen molar-refractivity contribution in [1.29, 1.82) is 0 Å². The Morgan fingerprint density at radius 3 is 2.33 bits per heavy atom. The summed E-state index contributed by atoms with van der Waals surface area (Å²) in [5.74, 6) is -1.43. The van der Waals surface area contributed by atoms with Crippen molar-refractivity contribution in [3.8, 4) is 0 Å². The van der Waals surface area contributed by atoms with E-state index < -0.39 is 39.5 Å². The summed E-state index contributed by atoms with van der Waals surface area (Å²) in [6, 6.07) is 5.71. The first kappa shape index (κ1) is 31.5. The molecule has 4 rings (SSSR count). The van der Waals surface area contributed by atoms with Crippen molar-refractivity contribution < 1.29 is 31.2 Å². The SMILES string of the molecule is CCS(=O)(=O)N1CCN(C(=O)c2ccc(Nc3ncc(C(F)(F)F)c(N[C@@H]4CCC[C@@H]4C(=O)NC(C)C)n3)cc2)CC1. The molecule has 230 valence electrons. The molecule has 15 heteroatoms. The first-order chi connectivity index (χ1) is 19.8. The average Bonchev–Trinajstić information content (AvgIpc) is 3.40. The number of carbonyl (C=O) groups is 2. The van der Waals surface area contributed by atoms with Gasteiger partial charge in [-0.15, -0.1) is 0 Å². The zero-order valence-electron chi connectivity index (χ0n) is 23.7. The number of carbonyl (C=O) groups excluding carboxylic acids is 2. The maximum absolute atomic E-state index is 13.8. The molecule has 0 spiro atoms. The normalized spacial score (nSPS) is 20.0. The number of sulfonamides is 1. The summed E-state index contributed by atoms with van der Waals surface area (Å²) in [5.41, 5.74) is -0.197. The predicted molar refractivity (Wildman–Crippen MR) is 152 cm³/mol. The van der Waals surface area contributed by atoms with E-state index in [0.29, 0.717) is 36.7 Å². The molecule has 2 amide bonds. The molecule has 2 aliphatic rings. The molecule has 1 aliphatic carbocycles. The van der Waals surface area contributed by atoms with Crippen molar-refractivity contribution in [3.63, 3.8) is 0 Å². The molecule has 1 aromatic heterocycles. The van der Waals surface area contributed by atoms with Crippen molar-refractivity contribution in [1.82, 2.24) is 24.5 Å². The van der Waals surface area contributed by atoms with Gasteiger partial charge in [0.15, 0.2) is 0 Å². The van der Waals surface area contributed by atoms with E-state index in [9.17, 15) is 31.2 Å². The highest BCUT2D eigenvalue weighted by Crippen LogP contribution is 2.36. The van der Waals surface area contributed by atoms with Crippen molar-refractivity contribution in [2.75, 3.05) is 42.6 Å². The number of hydrogen-bond donors (Lipinski definition) is 3. The van der Waals surface area contributed by atoms with Crippen LogP contribution in [0, 0.1) is 5.92 Å². The molecular formula is C27H36F3N7O4S. The van der Waals surface area contributed by atoms with Gasteiger partial charge in [-0.25, -0.2) is 13.4 Å². The second kappa shape index (κ2) is 12.8. The first-order valence-electron chi connectivity index (χ1n) is 13.9. The molecule has 2 fully saturated rings. The van der Waals surface area contributed by atoms with E-state index in [0.717, 1.165) is 0 Å². The Hall–Kier alpha value is -3.46. The van der Waals surface area contributed by atoms with Gasteiger partial charge >= 0.3 is 6.18 Å². The van der Waals surface area contributed by atoms with Crippen LogP contribution >= 0.6 is 0 Å². The monoisotopic (exact) mass is 611 g/mol. The minimum atomic E-state index is -4.70. The van der Waals surface area contributed by atoms with Crippen molar-refractivity contribution in [2.24, 2.45) is 5.92 Å². The van der Waals surface area contributed by atoms with Crippen LogP contribution in [-0.2, 0) is 21.0 Å². The van der Waals surface area contributed by atoms with Gasteiger partial charge in [0.05, 0.1) is 11.7 Å². The fraction of sp³-hybridized carbons (Fsp3) is 0.556. The van der Waals surface area contributed by atoms with Crippen LogP contribution in [0.25, 0.3) is 0 Å². The van der Waals surface area contributed by atoms with Gasteiger partial charge in [-0.3, -0.25) is 9.59 Å². The van der Waals surface area contributed by atoms with Gasteiger partial charge in [-0.05, 0) is 57.9 Å². The summed E-state index contributed by atoms with van der Waals surface area (Å²) in [6.07, 6.45) is -2.22. The Morgan fingerprint density at radius 2 is 1.74 bits per heavy atom. The van der Waals surface area contributed by atoms with E-state index in [-0.39, 0.29) is 55.7 Å². The van der Waals surface area contributed by atoms with Gasteiger partial charge in [-0.1, -0.05) is 6.42 Å². The van der Waals surface area contributed by atoms with E-state index in [1.165, 1.54) is 4.31 Å². The summed E-state index contributed by atoms with van der Waals surface area (Å²) in [7, 11) is -3.31. The van der Waals surface area contributed by atoms with Gasteiger partial charge in [0.2, 0.25) is 21.9 Å². The highest BCUT2D eigenvalue weighted by atomic mass is 32.2. The number of nitrogens with one attached hydrogen (secondary N) is 3. The molecule has 1 aliphatic heterocycles. The number of piperazine rings is 1. The Balaban J connectivity index is 1.45. The highest BCUT2D eigenvalue weighted by molar-refractivity contribution is 7.89. The lowest BCUT2D eigenvalue weighted by Gasteiger charge is -2.33. The standard InChI is InChI=1S/C27H36F3N7O4S/c1-4-42(40,41)37-14-12-36(13-15-37)25(39)18-8-10-19(11-9-18)33-26-31-16-21(27(28,29)30)23(35-26)34-22-7-5-6-20(22)24(38)32-17(2)3/h8-11,16-17,20,22H,4-7,12-15H2,1-3H3,(H,32,38)(H2,31,33,34,35)/t20-,22+/m0/s1. The van der Waals surface area contributed by atoms with Crippen LogP contribution in [0.5, 0.6) is 0 Å². The summed E-state index contributed by atoms with van der Waals surface area (Å²) in [4.78, 5) is 35.1. The molecule has 1 saturated carbocycles. The van der Waals surface area contributed by atoms with E-state index >= 15 is 0 Å². The maximum Gasteiger partial charge on any atom is 0.421 e. The minimum Gasteiger partial charge on any atom is -0.366 e. The van der Waals surface area contributed by atoms with Crippen LogP contribution in [0.3, 0.4) is 0 Å². The largest absolute Gasteiger partial charge is 0.421 e. The molecule has 0 bridgehead atoms. The Labute approximate surface area is 243 Å². The highest BCUT2D eigenvalue weighted by Gasteiger charge is 2.39. The topological polar surface area (TPSA) is 137 Å². The third-order valence-electron chi connectivity index (χ3n) is 7.37. The lowest BCUT2D eigenvalue weighted by Crippen LogP contribution is -2.50. The maximum atomic E-state index is 13.8. The van der Waals surface area contributed by atoms with E-state index in [2.05, 4.69) is 25.9 Å². The van der Waals surface area contributed by atoms with Crippen LogP contribution in [0.4, 0.5) is 30.6 Å². The van der Waals surface area contributed by atoms with Crippen molar-refractivity contribution in [3.05, 3.63) is 41.6 Å². The summed E-state index contributed by atoms with van der Waals surface area (Å²) >= 11 is 0. The fourth-order valence-electron chi connectivity index (χ4n) is 5.13. The Bertz CT molecular complexity index is 1380. The van der Waals surface area contributed by atoms with Crippen molar-refractivity contribution in [2.45, 2.75) is 58.3 Å². The van der Waals surface area contributed by atoms with Crippen LogP contribution in [0.15, 0.2) is 30.5 Å². The van der Waals surface area contributed by atoms with Gasteiger partial charge in [0, 0.05) is 55.7 Å². The number of amides is 2. The van der Waals surface area contributed by atoms with Gasteiger partial charge in [0.1, 0.15) is 11.4 Å². The van der Waals surface area contributed by atoms with Crippen LogP contribution in [0.1, 0.15) is 56.0 Å². The van der Waals surface area contributed by atoms with Crippen LogP contribution in [0.2, 0.25) is 0 Å². The van der Waals surface area contributed by atoms with Crippen LogP contribution in [-0.4, -0.2) is 83.4 Å². The molecule has 0 radical (unpaired) electrons. The summed E-state index contributed by atoms with van der Waals surface area (Å²) in [6.45, 7) is 6.23.